The number of hydrogen-bond acceptors (Lipinski definition) is 5. The monoisotopic (exact) mass is 568 g/mol. The number of aliphatic hydroxyl groups is 1. The first-order valence-corrected chi connectivity index (χ1v) is 16.2. The second-order valence-corrected chi connectivity index (χ2v) is 16.4. The summed E-state index contributed by atoms with van der Waals surface area (Å²) in [6, 6.07) is 0. The molecule has 0 aromatic heterocycles. The number of ether oxygens (including phenoxy) is 2. The van der Waals surface area contributed by atoms with Crippen LogP contribution in [0, 0.1) is 56.7 Å². The number of carboxylic acids is 1. The van der Waals surface area contributed by atoms with Crippen molar-refractivity contribution in [3.8, 4) is 0 Å². The summed E-state index contributed by atoms with van der Waals surface area (Å²) in [7, 11) is 0. The summed E-state index contributed by atoms with van der Waals surface area (Å²) in [5, 5.41) is 22.5. The van der Waals surface area contributed by atoms with E-state index in [1.165, 1.54) is 11.6 Å². The molecular formula is C35H52O6. The van der Waals surface area contributed by atoms with Crippen LogP contribution in [0.5, 0.6) is 0 Å². The van der Waals surface area contributed by atoms with Crippen LogP contribution in [0.15, 0.2) is 23.3 Å². The highest BCUT2D eigenvalue weighted by Gasteiger charge is 2.75. The van der Waals surface area contributed by atoms with Crippen molar-refractivity contribution in [2.45, 2.75) is 119 Å². The predicted molar refractivity (Wildman–Crippen MR) is 157 cm³/mol. The van der Waals surface area contributed by atoms with Gasteiger partial charge in [0.15, 0.2) is 5.79 Å². The van der Waals surface area contributed by atoms with Gasteiger partial charge < -0.3 is 19.7 Å². The van der Waals surface area contributed by atoms with Gasteiger partial charge >= 0.3 is 11.9 Å². The van der Waals surface area contributed by atoms with Crippen molar-refractivity contribution >= 4 is 11.9 Å². The maximum atomic E-state index is 13.4. The van der Waals surface area contributed by atoms with Crippen LogP contribution in [0.2, 0.25) is 0 Å². The molecular weight excluding hydrogens is 516 g/mol. The van der Waals surface area contributed by atoms with Gasteiger partial charge in [0.2, 0.25) is 0 Å². The Labute approximate surface area is 246 Å². The Bertz CT molecular complexity index is 1200. The Morgan fingerprint density at radius 2 is 1.73 bits per heavy atom. The van der Waals surface area contributed by atoms with E-state index < -0.39 is 29.2 Å². The summed E-state index contributed by atoms with van der Waals surface area (Å²) in [4.78, 5) is 26.3. The molecule has 0 radical (unpaired) electrons. The minimum Gasteiger partial charge on any atom is -0.481 e. The third-order valence-corrected chi connectivity index (χ3v) is 14.5. The lowest BCUT2D eigenvalue weighted by Crippen LogP contribution is -2.73. The van der Waals surface area contributed by atoms with Gasteiger partial charge in [-0.1, -0.05) is 58.8 Å². The average molecular weight is 569 g/mol. The van der Waals surface area contributed by atoms with Gasteiger partial charge in [-0.15, -0.1) is 0 Å². The lowest BCUT2D eigenvalue weighted by atomic mass is 9.32. The van der Waals surface area contributed by atoms with E-state index in [4.69, 9.17) is 9.47 Å². The molecule has 7 rings (SSSR count). The fourth-order valence-electron chi connectivity index (χ4n) is 11.9. The molecule has 0 aromatic rings. The van der Waals surface area contributed by atoms with Gasteiger partial charge in [0.05, 0.1) is 6.61 Å². The van der Waals surface area contributed by atoms with Gasteiger partial charge in [0, 0.05) is 29.2 Å². The van der Waals surface area contributed by atoms with Gasteiger partial charge in [-0.25, -0.2) is 4.79 Å². The molecule has 41 heavy (non-hydrogen) atoms. The molecule has 6 fully saturated rings. The molecule has 2 N–H and O–H groups in total. The van der Waals surface area contributed by atoms with Crippen LogP contribution in [0.25, 0.3) is 0 Å². The van der Waals surface area contributed by atoms with Gasteiger partial charge in [-0.05, 0) is 93.3 Å². The minimum atomic E-state index is -1.11. The van der Waals surface area contributed by atoms with Crippen LogP contribution in [0.3, 0.4) is 0 Å². The second-order valence-electron chi connectivity index (χ2n) is 16.4. The summed E-state index contributed by atoms with van der Waals surface area (Å²) < 4.78 is 12.4. The maximum Gasteiger partial charge on any atom is 0.330 e. The molecule has 6 nitrogen and oxygen atoms in total. The summed E-state index contributed by atoms with van der Waals surface area (Å²) in [5.41, 5.74) is 0.638. The van der Waals surface area contributed by atoms with E-state index in [2.05, 4.69) is 47.6 Å². The molecule has 2 aliphatic heterocycles. The Morgan fingerprint density at radius 1 is 1.02 bits per heavy atom. The first-order chi connectivity index (χ1) is 19.0. The summed E-state index contributed by atoms with van der Waals surface area (Å²) >= 11 is 0. The largest absolute Gasteiger partial charge is 0.481 e. The van der Waals surface area contributed by atoms with Gasteiger partial charge in [0.1, 0.15) is 11.5 Å². The highest BCUT2D eigenvalue weighted by molar-refractivity contribution is 5.84. The van der Waals surface area contributed by atoms with Crippen molar-refractivity contribution in [1.29, 1.82) is 0 Å². The second kappa shape index (κ2) is 8.94. The van der Waals surface area contributed by atoms with E-state index in [1.54, 1.807) is 0 Å². The molecule has 228 valence electrons. The van der Waals surface area contributed by atoms with E-state index in [0.29, 0.717) is 37.7 Å². The molecule has 6 heteroatoms. The fraction of sp³-hybridized carbons (Fsp3) is 0.829. The van der Waals surface area contributed by atoms with E-state index in [1.807, 2.05) is 13.8 Å². The average Bonchev–Trinajstić information content (AvgIpc) is 2.87. The first-order valence-electron chi connectivity index (χ1n) is 16.2. The molecule has 2 saturated heterocycles. The third-order valence-electron chi connectivity index (χ3n) is 14.5. The van der Waals surface area contributed by atoms with Gasteiger partial charge in [0.25, 0.3) is 0 Å². The van der Waals surface area contributed by atoms with Crippen molar-refractivity contribution in [3.05, 3.63) is 23.3 Å². The Balaban J connectivity index is 1.44. The smallest absolute Gasteiger partial charge is 0.330 e. The number of allylic oxidation sites excluding steroid dienone is 3. The summed E-state index contributed by atoms with van der Waals surface area (Å²) in [6.07, 6.45) is 9.91. The fourth-order valence-corrected chi connectivity index (χ4v) is 11.9. The molecule has 2 bridgehead atoms. The van der Waals surface area contributed by atoms with E-state index in [-0.39, 0.29) is 39.4 Å². The number of hydrogen-bond donors (Lipinski definition) is 2. The van der Waals surface area contributed by atoms with Crippen LogP contribution < -0.4 is 0 Å². The topological polar surface area (TPSA) is 93.1 Å². The quantitative estimate of drug-likeness (QED) is 0.218. The minimum absolute atomic E-state index is 0.000872. The molecule has 0 aromatic carbocycles. The molecule has 2 heterocycles. The van der Waals surface area contributed by atoms with Gasteiger partial charge in [-0.2, -0.15) is 0 Å². The number of carbonyl (C=O) groups is 2. The molecule has 1 spiro atoms. The zero-order chi connectivity index (χ0) is 30.0. The molecule has 4 saturated carbocycles. The summed E-state index contributed by atoms with van der Waals surface area (Å²) in [6.45, 7) is 18.1. The number of carbonyl (C=O) groups excluding carboxylic acids is 1. The molecule has 7 aliphatic rings. The van der Waals surface area contributed by atoms with Crippen LogP contribution in [-0.4, -0.2) is 40.6 Å². The summed E-state index contributed by atoms with van der Waals surface area (Å²) in [5.74, 6) is -1.21. The molecule has 5 aliphatic carbocycles. The number of carboxylic acid groups (broad SMARTS) is 1. The van der Waals surface area contributed by atoms with Crippen molar-refractivity contribution in [3.63, 3.8) is 0 Å². The van der Waals surface area contributed by atoms with Crippen LogP contribution in [0.1, 0.15) is 107 Å². The van der Waals surface area contributed by atoms with Gasteiger partial charge in [-0.3, -0.25) is 4.79 Å². The van der Waals surface area contributed by atoms with Crippen molar-refractivity contribution < 1.29 is 29.3 Å². The predicted octanol–water partition coefficient (Wildman–Crippen LogP) is 6.92. The Kier molecular flexibility index (Phi) is 6.41. The van der Waals surface area contributed by atoms with Crippen LogP contribution in [-0.2, 0) is 19.1 Å². The Hall–Kier alpha value is -1.66. The van der Waals surface area contributed by atoms with Crippen LogP contribution >= 0.6 is 0 Å². The molecule has 0 unspecified atom stereocenters. The SMILES string of the molecule is CC(C)=CC(=O)O[C@@H]1C[C@@H](C)[C@H](C)[C@H]2C3=CC[C@@H]4[C@]56CC[C@](O)(OC5)C(C)(C)[C@@H]6CC[C@@]4(C)[C@]3(C)CC[C@]21C(=O)O. The van der Waals surface area contributed by atoms with E-state index >= 15 is 0 Å². The number of fused-ring (bicyclic) bond motifs is 7. The normalized spacial score (nSPS) is 51.2. The Morgan fingerprint density at radius 3 is 2.34 bits per heavy atom. The highest BCUT2D eigenvalue weighted by Crippen LogP contribution is 2.78. The molecule has 11 atom stereocenters. The molecule has 0 amide bonds. The number of rotatable bonds is 3. The van der Waals surface area contributed by atoms with Crippen LogP contribution in [0.4, 0.5) is 0 Å². The van der Waals surface area contributed by atoms with E-state index in [0.717, 1.165) is 37.7 Å². The van der Waals surface area contributed by atoms with Crippen molar-refractivity contribution in [1.82, 2.24) is 0 Å². The third kappa shape index (κ3) is 3.50. The zero-order valence-corrected chi connectivity index (χ0v) is 26.5. The maximum absolute atomic E-state index is 13.4. The lowest BCUT2D eigenvalue weighted by molar-refractivity contribution is -0.395. The van der Waals surface area contributed by atoms with Crippen molar-refractivity contribution in [2.24, 2.45) is 56.7 Å². The standard InChI is InChI=1S/C35H52O6/c1-20(2)17-27(36)41-26-18-21(3)22(4)28-23-9-10-25-32(8,31(23,7)13-15-34(26,28)29(37)38)12-11-24-30(5,6)35(39)16-14-33(24,25)19-40-35/h9,17,21-22,24-26,28,39H,10-16,18-19H2,1-8H3,(H,37,38)/t21-,22+,24+,25+,26-,28+,31-,32-,33-,34-,35+/m1/s1. The number of esters is 1. The van der Waals surface area contributed by atoms with E-state index in [9.17, 15) is 19.8 Å². The zero-order valence-electron chi connectivity index (χ0n) is 26.5. The number of aliphatic carboxylic acids is 1. The first kappa shape index (κ1) is 29.4. The lowest BCUT2D eigenvalue weighted by Gasteiger charge is -2.74. The van der Waals surface area contributed by atoms with Crippen molar-refractivity contribution in [2.75, 3.05) is 6.61 Å². The highest BCUT2D eigenvalue weighted by atomic mass is 16.6.